The average Bonchev–Trinajstić information content (AvgIpc) is 1.95. The van der Waals surface area contributed by atoms with Gasteiger partial charge in [-0.05, 0) is 138 Å². The van der Waals surface area contributed by atoms with E-state index in [4.69, 9.17) is 0 Å². The fraction of sp³-hybridized carbons (Fsp3) is 0.165. The van der Waals surface area contributed by atoms with Crippen LogP contribution in [-0.2, 0) is 0 Å². The van der Waals surface area contributed by atoms with E-state index in [1.165, 1.54) is 202 Å². The number of nitrogens with zero attached hydrogens (tertiary/aromatic N) is 4. The Hall–Kier alpha value is -9.38. The second-order valence-electron chi connectivity index (χ2n) is 24.3. The predicted molar refractivity (Wildman–Crippen MR) is 349 cm³/mol. The summed E-state index contributed by atoms with van der Waals surface area (Å²) in [5.41, 5.74) is 22.9. The zero-order valence-electron chi connectivity index (χ0n) is 46.6. The summed E-state index contributed by atoms with van der Waals surface area (Å²) in [5, 5.41) is 11.6. The first-order valence-corrected chi connectivity index (χ1v) is 30.7. The maximum Gasteiger partial charge on any atom is 0.0634 e. The first-order valence-electron chi connectivity index (χ1n) is 30.7. The van der Waals surface area contributed by atoms with Crippen LogP contribution in [0.15, 0.2) is 236 Å². The van der Waals surface area contributed by atoms with E-state index < -0.39 is 0 Å². The maximum atomic E-state index is 2.70. The van der Waals surface area contributed by atoms with Gasteiger partial charge in [-0.2, -0.15) is 0 Å². The molecule has 0 spiro atoms. The first kappa shape index (κ1) is 47.3. The molecule has 4 heterocycles. The van der Waals surface area contributed by atoms with Gasteiger partial charge in [0.25, 0.3) is 0 Å². The molecule has 0 radical (unpaired) electrons. The van der Waals surface area contributed by atoms with Crippen LogP contribution >= 0.6 is 0 Å². The molecule has 4 nitrogen and oxygen atoms in total. The molecule has 0 aliphatic heterocycles. The van der Waals surface area contributed by atoms with E-state index in [9.17, 15) is 0 Å². The van der Waals surface area contributed by atoms with Crippen molar-refractivity contribution >= 4 is 106 Å². The summed E-state index contributed by atoms with van der Waals surface area (Å²) < 4.78 is 5.36. The van der Waals surface area contributed by atoms with E-state index in [1.54, 1.807) is 0 Å². The van der Waals surface area contributed by atoms with E-state index >= 15 is 0 Å². The van der Waals surface area contributed by atoms with Gasteiger partial charge in [0.2, 0.25) is 0 Å². The monoisotopic (exact) mass is 1070 g/mol. The van der Waals surface area contributed by atoms with E-state index in [-0.39, 0.29) is 5.92 Å². The van der Waals surface area contributed by atoms with Crippen molar-refractivity contribution in [3.05, 3.63) is 257 Å². The zero-order valence-corrected chi connectivity index (χ0v) is 46.6. The van der Waals surface area contributed by atoms with Gasteiger partial charge >= 0.3 is 0 Å². The largest absolute Gasteiger partial charge is 0.313 e. The minimum absolute atomic E-state index is 0.178. The van der Waals surface area contributed by atoms with Crippen molar-refractivity contribution < 1.29 is 0 Å². The second kappa shape index (κ2) is 18.6. The molecule has 4 aliphatic carbocycles. The standard InChI is InChI=1S/C79H62N4/c1-7-21-50(22-8-1)52-37-41-58(42-38-52)80(56-29-15-5-16-30-56)60-45-46-61-62-33-19-35-64-73-72(55-27-13-4-14-28-55)79-74(71(54-25-11-3-12-26-54)78(73)82(75(62)64)69(61)47-60)65-36-20-34-63-66-48-67-68(49-70(66)83(79)76(63)65)77(67)81(57-31-17-6-18-32-57)59-43-39-53(40-44-59)51-23-9-2-10-24-51/h3-6,11-20,25-51,68H,1-2,7-10,21-24H2/t68-/m1/s1. The Morgan fingerprint density at radius 1 is 0.349 bits per heavy atom. The van der Waals surface area contributed by atoms with Crippen LogP contribution in [0.2, 0.25) is 0 Å². The summed E-state index contributed by atoms with van der Waals surface area (Å²) in [5.74, 6) is 1.49. The molecule has 83 heavy (non-hydrogen) atoms. The second-order valence-corrected chi connectivity index (χ2v) is 24.3. The molecule has 0 amide bonds. The quantitative estimate of drug-likeness (QED) is 0.136. The van der Waals surface area contributed by atoms with Crippen molar-refractivity contribution in [3.8, 4) is 22.3 Å². The summed E-state index contributed by atoms with van der Waals surface area (Å²) in [7, 11) is 0. The molecule has 4 heteroatoms. The Bertz CT molecular complexity index is 5000. The lowest BCUT2D eigenvalue weighted by Gasteiger charge is -2.27. The molecular formula is C79H62N4. The number of benzene rings is 10. The molecule has 4 aromatic heterocycles. The molecule has 2 fully saturated rings. The summed E-state index contributed by atoms with van der Waals surface area (Å²) in [6.45, 7) is 0. The van der Waals surface area contributed by atoms with Gasteiger partial charge in [-0.3, -0.25) is 0 Å². The molecule has 2 saturated carbocycles. The van der Waals surface area contributed by atoms with Crippen molar-refractivity contribution in [3.63, 3.8) is 0 Å². The molecule has 1 atom stereocenters. The molecule has 0 saturated heterocycles. The highest BCUT2D eigenvalue weighted by Crippen LogP contribution is 2.55. The molecule has 4 aliphatic rings. The number of rotatable bonds is 10. The number of hydrogen-bond donors (Lipinski definition) is 0. The zero-order chi connectivity index (χ0) is 54.3. The Balaban J connectivity index is 0.899. The Labute approximate surface area is 483 Å². The topological polar surface area (TPSA) is 15.3 Å². The SMILES string of the molecule is C1=c2c(n3c4c(-c5ccccc5)c5c6cccc7c8ccc(N(c9ccccc9)c9ccc(C%10CCCCC%10)cc9)cc8n(c5c(-c5ccccc5)c4c4cccc2c43)c76)=C[C@@H]2C1=C2N(c1ccccc1)c1ccc(C2CCCCC2)cc1. The van der Waals surface area contributed by atoms with Crippen molar-refractivity contribution in [2.45, 2.75) is 76.0 Å². The average molecular weight is 1070 g/mol. The molecule has 10 aromatic carbocycles. The van der Waals surface area contributed by atoms with Gasteiger partial charge in [-0.1, -0.05) is 202 Å². The van der Waals surface area contributed by atoms with Gasteiger partial charge in [0.15, 0.2) is 0 Å². The summed E-state index contributed by atoms with van der Waals surface area (Å²) in [6, 6.07) is 85.2. The molecule has 0 unspecified atom stereocenters. The lowest BCUT2D eigenvalue weighted by Crippen LogP contribution is -2.28. The normalized spacial score (nSPS) is 16.6. The van der Waals surface area contributed by atoms with Crippen molar-refractivity contribution in [2.75, 3.05) is 9.80 Å². The smallest absolute Gasteiger partial charge is 0.0634 e. The minimum atomic E-state index is 0.178. The number of hydrogen-bond acceptors (Lipinski definition) is 2. The highest BCUT2D eigenvalue weighted by atomic mass is 15.2. The van der Waals surface area contributed by atoms with E-state index in [1.807, 2.05) is 0 Å². The Kier molecular flexibility index (Phi) is 10.6. The van der Waals surface area contributed by atoms with Crippen LogP contribution in [0.4, 0.5) is 28.4 Å². The fourth-order valence-electron chi connectivity index (χ4n) is 16.1. The highest BCUT2D eigenvalue weighted by molar-refractivity contribution is 6.36. The summed E-state index contributed by atoms with van der Waals surface area (Å²) >= 11 is 0. The summed E-state index contributed by atoms with van der Waals surface area (Å²) in [4.78, 5) is 5.01. The third-order valence-electron chi connectivity index (χ3n) is 19.8. The summed E-state index contributed by atoms with van der Waals surface area (Å²) in [6.07, 6.45) is 18.4. The van der Waals surface area contributed by atoms with Gasteiger partial charge in [-0.15, -0.1) is 0 Å². The Morgan fingerprint density at radius 2 is 0.807 bits per heavy atom. The number of anilines is 5. The van der Waals surface area contributed by atoms with Gasteiger partial charge in [0, 0.05) is 94.1 Å². The predicted octanol–water partition coefficient (Wildman–Crippen LogP) is 20.0. The van der Waals surface area contributed by atoms with Gasteiger partial charge in [0.1, 0.15) is 0 Å². The maximum absolute atomic E-state index is 2.70. The van der Waals surface area contributed by atoms with Crippen LogP contribution in [-0.4, -0.2) is 8.80 Å². The fourth-order valence-corrected chi connectivity index (χ4v) is 16.1. The molecule has 0 N–H and O–H groups in total. The lowest BCUT2D eigenvalue weighted by atomic mass is 9.84. The van der Waals surface area contributed by atoms with Crippen molar-refractivity contribution in [2.24, 2.45) is 5.92 Å². The van der Waals surface area contributed by atoms with E-state index in [0.717, 1.165) is 11.4 Å². The van der Waals surface area contributed by atoms with Crippen molar-refractivity contribution in [1.29, 1.82) is 0 Å². The van der Waals surface area contributed by atoms with Crippen LogP contribution in [0.3, 0.4) is 0 Å². The number of fused-ring (bicyclic) bond motifs is 13. The van der Waals surface area contributed by atoms with Crippen LogP contribution < -0.4 is 20.4 Å². The number of allylic oxidation sites excluding steroid dienone is 2. The molecular weight excluding hydrogens is 1000 g/mol. The highest BCUT2D eigenvalue weighted by Gasteiger charge is 2.41. The van der Waals surface area contributed by atoms with E-state index in [2.05, 4.69) is 255 Å². The van der Waals surface area contributed by atoms with Gasteiger partial charge in [-0.25, -0.2) is 0 Å². The van der Waals surface area contributed by atoms with Crippen LogP contribution in [0.5, 0.6) is 0 Å². The molecule has 14 aromatic rings. The van der Waals surface area contributed by atoms with Gasteiger partial charge < -0.3 is 18.6 Å². The van der Waals surface area contributed by atoms with Gasteiger partial charge in [0.05, 0.1) is 32.9 Å². The molecule has 0 bridgehead atoms. The third-order valence-corrected chi connectivity index (χ3v) is 19.8. The lowest BCUT2D eigenvalue weighted by molar-refractivity contribution is 0.443. The minimum Gasteiger partial charge on any atom is -0.313 e. The number of para-hydroxylation sites is 4. The number of aromatic nitrogens is 2. The van der Waals surface area contributed by atoms with Crippen LogP contribution in [0.1, 0.15) is 87.2 Å². The first-order chi connectivity index (χ1) is 41.2. The van der Waals surface area contributed by atoms with Crippen molar-refractivity contribution in [1.82, 2.24) is 8.80 Å². The van der Waals surface area contributed by atoms with Crippen LogP contribution in [0, 0.1) is 5.92 Å². The van der Waals surface area contributed by atoms with E-state index in [0.29, 0.717) is 11.8 Å². The molecule has 18 rings (SSSR count). The third kappa shape index (κ3) is 7.11. The Morgan fingerprint density at radius 3 is 1.37 bits per heavy atom. The molecule has 398 valence electrons. The van der Waals surface area contributed by atoms with Crippen LogP contribution in [0.25, 0.3) is 99.7 Å².